The van der Waals surface area contributed by atoms with E-state index in [1.165, 1.54) is 83.5 Å². The Balaban J connectivity index is 0. The molecule has 1 atom stereocenters. The highest BCUT2D eigenvalue weighted by Crippen LogP contribution is 2.16. The molecule has 0 radical (unpaired) electrons. The first-order valence-electron chi connectivity index (χ1n) is 7.95. The van der Waals surface area contributed by atoms with Crippen LogP contribution in [0.4, 0.5) is 0 Å². The molecule has 0 saturated carbocycles. The summed E-state index contributed by atoms with van der Waals surface area (Å²) in [4.78, 5) is 0.765. The average molecular weight is 322 g/mol. The second-order valence-electron chi connectivity index (χ2n) is 5.33. The smallest absolute Gasteiger partial charge is 0.0143 e. The summed E-state index contributed by atoms with van der Waals surface area (Å²) >= 11 is 3.70. The Kier molecular flexibility index (Phi) is 20.1. The topological polar surface area (TPSA) is 35.0 Å². The fourth-order valence-corrected chi connectivity index (χ4v) is 2.56. The Labute approximate surface area is 124 Å². The highest BCUT2D eigenvalue weighted by Gasteiger charge is 1.99. The van der Waals surface area contributed by atoms with Gasteiger partial charge in [0, 0.05) is 4.83 Å². The second kappa shape index (κ2) is 17.4. The molecule has 0 aliphatic carbocycles. The lowest BCUT2D eigenvalue weighted by Gasteiger charge is -2.06. The molecule has 0 aromatic carbocycles. The summed E-state index contributed by atoms with van der Waals surface area (Å²) in [5.74, 6) is 0. The molecule has 0 aliphatic heterocycles. The van der Waals surface area contributed by atoms with E-state index in [-0.39, 0.29) is 6.15 Å². The fraction of sp³-hybridized carbons (Fsp3) is 1.00. The molecule has 0 fully saturated rings. The SMILES string of the molecule is CCCCCCCCCCCCCC(Br)CC.N. The van der Waals surface area contributed by atoms with E-state index in [4.69, 9.17) is 0 Å². The molecule has 0 amide bonds. The van der Waals surface area contributed by atoms with E-state index in [1.807, 2.05) is 0 Å². The van der Waals surface area contributed by atoms with Crippen molar-refractivity contribution in [2.45, 2.75) is 102 Å². The molecule has 3 N–H and O–H groups in total. The van der Waals surface area contributed by atoms with E-state index in [2.05, 4.69) is 29.8 Å². The molecular weight excluding hydrogens is 286 g/mol. The maximum absolute atomic E-state index is 3.70. The van der Waals surface area contributed by atoms with Gasteiger partial charge in [-0.2, -0.15) is 0 Å². The van der Waals surface area contributed by atoms with Crippen molar-refractivity contribution in [2.75, 3.05) is 0 Å². The number of hydrogen-bond acceptors (Lipinski definition) is 1. The molecule has 112 valence electrons. The van der Waals surface area contributed by atoms with Gasteiger partial charge < -0.3 is 6.15 Å². The molecule has 18 heavy (non-hydrogen) atoms. The minimum Gasteiger partial charge on any atom is -0.344 e. The third kappa shape index (κ3) is 16.4. The van der Waals surface area contributed by atoms with Crippen LogP contribution in [0.2, 0.25) is 0 Å². The van der Waals surface area contributed by atoms with Crippen LogP contribution in [0.5, 0.6) is 0 Å². The second-order valence-corrected chi connectivity index (χ2v) is 6.62. The van der Waals surface area contributed by atoms with Gasteiger partial charge in [-0.3, -0.25) is 0 Å². The first-order chi connectivity index (χ1) is 8.31. The largest absolute Gasteiger partial charge is 0.344 e. The van der Waals surface area contributed by atoms with E-state index >= 15 is 0 Å². The molecule has 0 bridgehead atoms. The molecular formula is C16H36BrN. The van der Waals surface area contributed by atoms with E-state index in [1.54, 1.807) is 0 Å². The van der Waals surface area contributed by atoms with Gasteiger partial charge in [-0.05, 0) is 12.8 Å². The predicted octanol–water partition coefficient (Wildman–Crippen LogP) is 7.02. The van der Waals surface area contributed by atoms with Crippen molar-refractivity contribution >= 4 is 15.9 Å². The van der Waals surface area contributed by atoms with Crippen molar-refractivity contribution in [1.82, 2.24) is 6.15 Å². The van der Waals surface area contributed by atoms with Gasteiger partial charge in [-0.1, -0.05) is 100 Å². The quantitative estimate of drug-likeness (QED) is 0.287. The fourth-order valence-electron chi connectivity index (χ4n) is 2.23. The van der Waals surface area contributed by atoms with Crippen LogP contribution in [-0.4, -0.2) is 4.83 Å². The van der Waals surface area contributed by atoms with E-state index in [0.29, 0.717) is 0 Å². The molecule has 0 aromatic rings. The van der Waals surface area contributed by atoms with Crippen molar-refractivity contribution in [2.24, 2.45) is 0 Å². The minimum absolute atomic E-state index is 0. The van der Waals surface area contributed by atoms with Crippen LogP contribution in [0.3, 0.4) is 0 Å². The summed E-state index contributed by atoms with van der Waals surface area (Å²) in [5.41, 5.74) is 0. The number of rotatable bonds is 13. The molecule has 1 nitrogen and oxygen atoms in total. The van der Waals surface area contributed by atoms with Crippen molar-refractivity contribution in [3.8, 4) is 0 Å². The zero-order chi connectivity index (χ0) is 12.8. The zero-order valence-electron chi connectivity index (χ0n) is 12.9. The maximum atomic E-state index is 3.70. The lowest BCUT2D eigenvalue weighted by atomic mass is 10.0. The minimum atomic E-state index is 0. The number of hydrogen-bond donors (Lipinski definition) is 1. The molecule has 0 aromatic heterocycles. The molecule has 2 heteroatoms. The van der Waals surface area contributed by atoms with Crippen molar-refractivity contribution in [3.05, 3.63) is 0 Å². The Morgan fingerprint density at radius 3 is 1.44 bits per heavy atom. The standard InChI is InChI=1S/C16H33Br.H3N/c1-3-5-6-7-8-9-10-11-12-13-14-15-16(17)4-2;/h16H,3-15H2,1-2H3;1H3. The van der Waals surface area contributed by atoms with Crippen molar-refractivity contribution < 1.29 is 0 Å². The normalized spacial score (nSPS) is 12.2. The van der Waals surface area contributed by atoms with E-state index < -0.39 is 0 Å². The Bertz CT molecular complexity index is 139. The van der Waals surface area contributed by atoms with Crippen LogP contribution < -0.4 is 6.15 Å². The Morgan fingerprint density at radius 1 is 0.667 bits per heavy atom. The Hall–Kier alpha value is 0.440. The van der Waals surface area contributed by atoms with Gasteiger partial charge >= 0.3 is 0 Å². The highest BCUT2D eigenvalue weighted by atomic mass is 79.9. The highest BCUT2D eigenvalue weighted by molar-refractivity contribution is 9.09. The number of halogens is 1. The monoisotopic (exact) mass is 321 g/mol. The first kappa shape index (κ1) is 20.8. The van der Waals surface area contributed by atoms with Gasteiger partial charge in [0.25, 0.3) is 0 Å². The van der Waals surface area contributed by atoms with Gasteiger partial charge in [-0.25, -0.2) is 0 Å². The van der Waals surface area contributed by atoms with Crippen LogP contribution >= 0.6 is 15.9 Å². The summed E-state index contributed by atoms with van der Waals surface area (Å²) in [7, 11) is 0. The van der Waals surface area contributed by atoms with Crippen LogP contribution in [0.1, 0.15) is 97.3 Å². The molecule has 0 saturated heterocycles. The number of alkyl halides is 1. The predicted molar refractivity (Wildman–Crippen MR) is 89.1 cm³/mol. The van der Waals surface area contributed by atoms with Gasteiger partial charge in [-0.15, -0.1) is 0 Å². The molecule has 0 spiro atoms. The summed E-state index contributed by atoms with van der Waals surface area (Å²) in [6, 6.07) is 0. The van der Waals surface area contributed by atoms with Gasteiger partial charge in [0.15, 0.2) is 0 Å². The average Bonchev–Trinajstić information content (AvgIpc) is 2.35. The lowest BCUT2D eigenvalue weighted by molar-refractivity contribution is 0.541. The lowest BCUT2D eigenvalue weighted by Crippen LogP contribution is -1.94. The summed E-state index contributed by atoms with van der Waals surface area (Å²) in [6.45, 7) is 4.55. The van der Waals surface area contributed by atoms with E-state index in [9.17, 15) is 0 Å². The van der Waals surface area contributed by atoms with Crippen LogP contribution in [0, 0.1) is 0 Å². The zero-order valence-corrected chi connectivity index (χ0v) is 14.4. The third-order valence-corrected chi connectivity index (χ3v) is 4.67. The van der Waals surface area contributed by atoms with Crippen LogP contribution in [0.25, 0.3) is 0 Å². The van der Waals surface area contributed by atoms with Gasteiger partial charge in [0.05, 0.1) is 0 Å². The van der Waals surface area contributed by atoms with E-state index in [0.717, 1.165) is 4.83 Å². The summed E-state index contributed by atoms with van der Waals surface area (Å²) in [6.07, 6.45) is 18.6. The van der Waals surface area contributed by atoms with Crippen LogP contribution in [-0.2, 0) is 0 Å². The van der Waals surface area contributed by atoms with Crippen molar-refractivity contribution in [1.29, 1.82) is 0 Å². The number of unbranched alkanes of at least 4 members (excludes halogenated alkanes) is 10. The van der Waals surface area contributed by atoms with Gasteiger partial charge in [0.2, 0.25) is 0 Å². The Morgan fingerprint density at radius 2 is 1.06 bits per heavy atom. The maximum Gasteiger partial charge on any atom is 0.0143 e. The summed E-state index contributed by atoms with van der Waals surface area (Å²) < 4.78 is 0. The molecule has 0 rings (SSSR count). The molecule has 1 unspecified atom stereocenters. The van der Waals surface area contributed by atoms with Gasteiger partial charge in [0.1, 0.15) is 0 Å². The summed E-state index contributed by atoms with van der Waals surface area (Å²) in [5, 5.41) is 0. The molecule has 0 heterocycles. The molecule has 0 aliphatic rings. The van der Waals surface area contributed by atoms with Crippen LogP contribution in [0.15, 0.2) is 0 Å². The third-order valence-electron chi connectivity index (χ3n) is 3.56. The first-order valence-corrected chi connectivity index (χ1v) is 8.86. The van der Waals surface area contributed by atoms with Crippen molar-refractivity contribution in [3.63, 3.8) is 0 Å².